The Kier molecular flexibility index (Phi) is 2.09. The molecular weight excluding hydrogens is 172 g/mol. The number of ether oxygens (including phenoxy) is 1. The van der Waals surface area contributed by atoms with Gasteiger partial charge in [-0.2, -0.15) is 0 Å². The van der Waals surface area contributed by atoms with Crippen molar-refractivity contribution in [3.63, 3.8) is 0 Å². The van der Waals surface area contributed by atoms with Crippen LogP contribution in [0.3, 0.4) is 0 Å². The fraction of sp³-hybridized carbons (Fsp3) is 0.250. The maximum absolute atomic E-state index is 5.26. The van der Waals surface area contributed by atoms with Crippen molar-refractivity contribution in [2.75, 3.05) is 7.11 Å². The highest BCUT2D eigenvalue weighted by atomic mass is 16.5. The summed E-state index contributed by atoms with van der Waals surface area (Å²) in [7, 11) is 1.57. The summed E-state index contributed by atoms with van der Waals surface area (Å²) in [6.45, 7) is 0.324. The van der Waals surface area contributed by atoms with Gasteiger partial charge in [0.05, 0.1) is 11.8 Å². The Balaban J connectivity index is 2.23. The molecule has 2 aromatic heterocycles. The quantitative estimate of drug-likeness (QED) is 0.715. The van der Waals surface area contributed by atoms with Gasteiger partial charge in [0.15, 0.2) is 0 Å². The standard InChI is InChI=1S/C8H8N2O3/c1-11-5-7-9-10-8(13-7)6-2-3-12-4-6/h2-4H,5H2,1H3. The van der Waals surface area contributed by atoms with Crippen LogP contribution in [-0.4, -0.2) is 17.3 Å². The van der Waals surface area contributed by atoms with Crippen LogP contribution in [0.4, 0.5) is 0 Å². The first kappa shape index (κ1) is 8.00. The van der Waals surface area contributed by atoms with E-state index in [2.05, 4.69) is 10.2 Å². The van der Waals surface area contributed by atoms with E-state index in [9.17, 15) is 0 Å². The van der Waals surface area contributed by atoms with Gasteiger partial charge in [-0.3, -0.25) is 0 Å². The molecule has 0 fully saturated rings. The third-order valence-electron chi connectivity index (χ3n) is 1.50. The summed E-state index contributed by atoms with van der Waals surface area (Å²) in [6, 6.07) is 1.75. The van der Waals surface area contributed by atoms with Crippen LogP contribution in [0.2, 0.25) is 0 Å². The van der Waals surface area contributed by atoms with Crippen LogP contribution in [0.1, 0.15) is 5.89 Å². The second-order valence-electron chi connectivity index (χ2n) is 2.45. The number of hydrogen-bond donors (Lipinski definition) is 0. The minimum atomic E-state index is 0.324. The van der Waals surface area contributed by atoms with Crippen molar-refractivity contribution < 1.29 is 13.6 Å². The molecule has 0 aliphatic heterocycles. The molecule has 13 heavy (non-hydrogen) atoms. The molecule has 0 radical (unpaired) electrons. The lowest BCUT2D eigenvalue weighted by Gasteiger charge is -1.88. The van der Waals surface area contributed by atoms with Crippen molar-refractivity contribution in [3.05, 3.63) is 24.5 Å². The van der Waals surface area contributed by atoms with E-state index in [0.29, 0.717) is 18.4 Å². The normalized spacial score (nSPS) is 10.5. The zero-order valence-corrected chi connectivity index (χ0v) is 7.06. The first-order chi connectivity index (χ1) is 6.40. The molecule has 2 rings (SSSR count). The van der Waals surface area contributed by atoms with E-state index < -0.39 is 0 Å². The number of hydrogen-bond acceptors (Lipinski definition) is 5. The summed E-state index contributed by atoms with van der Waals surface area (Å²) >= 11 is 0. The number of furan rings is 1. The Morgan fingerprint density at radius 3 is 3.08 bits per heavy atom. The largest absolute Gasteiger partial charge is 0.472 e. The molecule has 68 valence electrons. The Labute approximate surface area is 74.3 Å². The average Bonchev–Trinajstić information content (AvgIpc) is 2.70. The third-order valence-corrected chi connectivity index (χ3v) is 1.50. The molecule has 0 unspecified atom stereocenters. The van der Waals surface area contributed by atoms with Gasteiger partial charge in [-0.25, -0.2) is 0 Å². The van der Waals surface area contributed by atoms with Gasteiger partial charge >= 0.3 is 0 Å². The van der Waals surface area contributed by atoms with Gasteiger partial charge in [-0.15, -0.1) is 10.2 Å². The van der Waals surface area contributed by atoms with E-state index in [1.54, 1.807) is 25.7 Å². The zero-order chi connectivity index (χ0) is 9.10. The zero-order valence-electron chi connectivity index (χ0n) is 7.06. The third kappa shape index (κ3) is 1.59. The molecule has 0 amide bonds. The van der Waals surface area contributed by atoms with Crippen LogP contribution in [0.25, 0.3) is 11.5 Å². The topological polar surface area (TPSA) is 61.3 Å². The fourth-order valence-corrected chi connectivity index (χ4v) is 0.938. The summed E-state index contributed by atoms with van der Waals surface area (Å²) in [5.41, 5.74) is 0.773. The molecule has 0 atom stereocenters. The van der Waals surface area contributed by atoms with E-state index in [1.807, 2.05) is 0 Å². The molecule has 0 aromatic carbocycles. The van der Waals surface area contributed by atoms with E-state index in [1.165, 1.54) is 0 Å². The Morgan fingerprint density at radius 1 is 1.46 bits per heavy atom. The summed E-state index contributed by atoms with van der Waals surface area (Å²) in [5.74, 6) is 0.902. The highest BCUT2D eigenvalue weighted by Gasteiger charge is 2.08. The maximum Gasteiger partial charge on any atom is 0.251 e. The van der Waals surface area contributed by atoms with Crippen molar-refractivity contribution in [1.82, 2.24) is 10.2 Å². The van der Waals surface area contributed by atoms with E-state index in [-0.39, 0.29) is 0 Å². The summed E-state index contributed by atoms with van der Waals surface area (Å²) in [6.07, 6.45) is 3.10. The van der Waals surface area contributed by atoms with Crippen molar-refractivity contribution in [2.45, 2.75) is 6.61 Å². The molecule has 2 aromatic rings. The second-order valence-corrected chi connectivity index (χ2v) is 2.45. The van der Waals surface area contributed by atoms with Crippen molar-refractivity contribution in [2.24, 2.45) is 0 Å². The molecule has 2 heterocycles. The van der Waals surface area contributed by atoms with Gasteiger partial charge in [-0.05, 0) is 6.07 Å². The lowest BCUT2D eigenvalue weighted by atomic mass is 10.3. The van der Waals surface area contributed by atoms with Crippen LogP contribution in [0, 0.1) is 0 Å². The molecule has 0 N–H and O–H groups in total. The van der Waals surface area contributed by atoms with Gasteiger partial charge in [0.1, 0.15) is 12.9 Å². The first-order valence-corrected chi connectivity index (χ1v) is 3.74. The van der Waals surface area contributed by atoms with Crippen molar-refractivity contribution in [3.8, 4) is 11.5 Å². The average molecular weight is 180 g/mol. The number of rotatable bonds is 3. The predicted molar refractivity (Wildman–Crippen MR) is 42.7 cm³/mol. The fourth-order valence-electron chi connectivity index (χ4n) is 0.938. The van der Waals surface area contributed by atoms with Gasteiger partial charge in [0.25, 0.3) is 5.89 Å². The molecule has 0 spiro atoms. The Bertz CT molecular complexity index is 366. The molecule has 5 nitrogen and oxygen atoms in total. The van der Waals surface area contributed by atoms with Crippen LogP contribution in [-0.2, 0) is 11.3 Å². The molecular formula is C8H8N2O3. The van der Waals surface area contributed by atoms with E-state index in [0.717, 1.165) is 5.56 Å². The predicted octanol–water partition coefficient (Wildman–Crippen LogP) is 1.48. The summed E-state index contributed by atoms with van der Waals surface area (Å²) < 4.78 is 15.0. The summed E-state index contributed by atoms with van der Waals surface area (Å²) in [5, 5.41) is 7.60. The Morgan fingerprint density at radius 2 is 2.38 bits per heavy atom. The molecule has 0 aliphatic rings. The summed E-state index contributed by atoms with van der Waals surface area (Å²) in [4.78, 5) is 0. The maximum atomic E-state index is 5.26. The van der Waals surface area contributed by atoms with Crippen LogP contribution in [0.5, 0.6) is 0 Å². The van der Waals surface area contributed by atoms with Gasteiger partial charge in [-0.1, -0.05) is 0 Å². The molecule has 5 heteroatoms. The highest BCUT2D eigenvalue weighted by Crippen LogP contribution is 2.17. The first-order valence-electron chi connectivity index (χ1n) is 3.74. The smallest absolute Gasteiger partial charge is 0.251 e. The monoisotopic (exact) mass is 180 g/mol. The van der Waals surface area contributed by atoms with E-state index >= 15 is 0 Å². The van der Waals surface area contributed by atoms with Crippen LogP contribution in [0.15, 0.2) is 27.4 Å². The highest BCUT2D eigenvalue weighted by molar-refractivity contribution is 5.49. The number of nitrogens with zero attached hydrogens (tertiary/aromatic N) is 2. The minimum Gasteiger partial charge on any atom is -0.472 e. The van der Waals surface area contributed by atoms with Gasteiger partial charge in [0, 0.05) is 7.11 Å². The number of methoxy groups -OCH3 is 1. The van der Waals surface area contributed by atoms with Crippen molar-refractivity contribution >= 4 is 0 Å². The molecule has 0 aliphatic carbocycles. The molecule has 0 saturated heterocycles. The minimum absolute atomic E-state index is 0.324. The number of aromatic nitrogens is 2. The van der Waals surface area contributed by atoms with Gasteiger partial charge in [0.2, 0.25) is 5.89 Å². The van der Waals surface area contributed by atoms with Gasteiger partial charge < -0.3 is 13.6 Å². The lowest BCUT2D eigenvalue weighted by Crippen LogP contribution is -1.85. The van der Waals surface area contributed by atoms with Crippen molar-refractivity contribution in [1.29, 1.82) is 0 Å². The molecule has 0 bridgehead atoms. The second kappa shape index (κ2) is 3.40. The van der Waals surface area contributed by atoms with Crippen LogP contribution >= 0.6 is 0 Å². The lowest BCUT2D eigenvalue weighted by molar-refractivity contribution is 0.160. The SMILES string of the molecule is COCc1nnc(-c2ccoc2)o1. The van der Waals surface area contributed by atoms with E-state index in [4.69, 9.17) is 13.6 Å². The molecule has 0 saturated carbocycles. The Hall–Kier alpha value is -1.62. The van der Waals surface area contributed by atoms with Crippen LogP contribution < -0.4 is 0 Å².